The summed E-state index contributed by atoms with van der Waals surface area (Å²) in [6.45, 7) is 5.33. The third-order valence-electron chi connectivity index (χ3n) is 6.17. The Hall–Kier alpha value is -2.91. The standard InChI is InChI=1S/C27H30ClN3O4S/c1-21(23-10-6-3-7-11-23)29-36(33,34)24-12-13-26(25(28)18-24)35-20-27(32)31-16-14-30(15-17-31)19-22-8-4-2-5-9-22/h2-13,18,21,29H,14-17,19-20H2,1H3/t21-/m0/s1. The highest BCUT2D eigenvalue weighted by atomic mass is 35.5. The van der Waals surface area contributed by atoms with E-state index in [-0.39, 0.29) is 28.2 Å². The molecule has 0 aromatic heterocycles. The highest BCUT2D eigenvalue weighted by Gasteiger charge is 2.23. The molecule has 0 saturated carbocycles. The summed E-state index contributed by atoms with van der Waals surface area (Å²) in [4.78, 5) is 16.8. The Balaban J connectivity index is 1.28. The Morgan fingerprint density at radius 1 is 0.972 bits per heavy atom. The van der Waals surface area contributed by atoms with Crippen LogP contribution in [0, 0.1) is 0 Å². The van der Waals surface area contributed by atoms with Gasteiger partial charge in [0.05, 0.1) is 9.92 Å². The minimum atomic E-state index is -3.79. The predicted octanol–water partition coefficient (Wildman–Crippen LogP) is 4.10. The van der Waals surface area contributed by atoms with Crippen LogP contribution in [-0.4, -0.2) is 56.9 Å². The molecule has 3 aromatic carbocycles. The van der Waals surface area contributed by atoms with E-state index in [1.165, 1.54) is 23.8 Å². The van der Waals surface area contributed by atoms with E-state index in [2.05, 4.69) is 21.8 Å². The highest BCUT2D eigenvalue weighted by molar-refractivity contribution is 7.89. The van der Waals surface area contributed by atoms with Gasteiger partial charge in [-0.3, -0.25) is 9.69 Å². The summed E-state index contributed by atoms with van der Waals surface area (Å²) in [5.41, 5.74) is 2.11. The van der Waals surface area contributed by atoms with Gasteiger partial charge in [0.15, 0.2) is 6.61 Å². The van der Waals surface area contributed by atoms with E-state index < -0.39 is 16.1 Å². The quantitative estimate of drug-likeness (QED) is 0.453. The van der Waals surface area contributed by atoms with E-state index in [0.717, 1.165) is 25.2 Å². The van der Waals surface area contributed by atoms with E-state index >= 15 is 0 Å². The predicted molar refractivity (Wildman–Crippen MR) is 140 cm³/mol. The lowest BCUT2D eigenvalue weighted by molar-refractivity contribution is -0.135. The number of hydrogen-bond donors (Lipinski definition) is 1. The summed E-state index contributed by atoms with van der Waals surface area (Å²) in [5.74, 6) is 0.142. The van der Waals surface area contributed by atoms with Crippen molar-refractivity contribution in [3.05, 3.63) is 95.0 Å². The third-order valence-corrected chi connectivity index (χ3v) is 8.00. The third kappa shape index (κ3) is 6.85. The number of amides is 1. The second kappa shape index (κ2) is 11.9. The molecule has 4 rings (SSSR count). The van der Waals surface area contributed by atoms with E-state index in [0.29, 0.717) is 13.1 Å². The van der Waals surface area contributed by atoms with Crippen molar-refractivity contribution in [3.8, 4) is 5.75 Å². The molecule has 3 aromatic rings. The Bertz CT molecular complexity index is 1260. The van der Waals surface area contributed by atoms with Crippen LogP contribution in [0.3, 0.4) is 0 Å². The van der Waals surface area contributed by atoms with Gasteiger partial charge in [0, 0.05) is 38.8 Å². The number of ether oxygens (including phenoxy) is 1. The summed E-state index contributed by atoms with van der Waals surface area (Å²) in [6.07, 6.45) is 0. The summed E-state index contributed by atoms with van der Waals surface area (Å²) in [7, 11) is -3.79. The van der Waals surface area contributed by atoms with E-state index in [1.54, 1.807) is 11.8 Å². The monoisotopic (exact) mass is 527 g/mol. The van der Waals surface area contributed by atoms with Crippen molar-refractivity contribution in [1.29, 1.82) is 0 Å². The molecule has 36 heavy (non-hydrogen) atoms. The first kappa shape index (κ1) is 26.2. The first-order chi connectivity index (χ1) is 17.3. The number of sulfonamides is 1. The molecule has 1 fully saturated rings. The molecule has 0 radical (unpaired) electrons. The summed E-state index contributed by atoms with van der Waals surface area (Å²) < 4.78 is 33.9. The maximum atomic E-state index is 12.8. The Morgan fingerprint density at radius 2 is 1.61 bits per heavy atom. The molecular weight excluding hydrogens is 498 g/mol. The average molecular weight is 528 g/mol. The average Bonchev–Trinajstić information content (AvgIpc) is 2.89. The van der Waals surface area contributed by atoms with Crippen molar-refractivity contribution in [2.75, 3.05) is 32.8 Å². The SMILES string of the molecule is C[C@H](NS(=O)(=O)c1ccc(OCC(=O)N2CCN(Cc3ccccc3)CC2)c(Cl)c1)c1ccccc1. The Labute approximate surface area is 217 Å². The fraction of sp³-hybridized carbons (Fsp3) is 0.296. The van der Waals surface area contributed by atoms with Crippen molar-refractivity contribution in [2.45, 2.75) is 24.4 Å². The van der Waals surface area contributed by atoms with Gasteiger partial charge in [-0.05, 0) is 36.2 Å². The van der Waals surface area contributed by atoms with Gasteiger partial charge in [0.2, 0.25) is 10.0 Å². The number of piperazine rings is 1. The number of halogens is 1. The van der Waals surface area contributed by atoms with Crippen molar-refractivity contribution >= 4 is 27.5 Å². The van der Waals surface area contributed by atoms with Crippen molar-refractivity contribution in [1.82, 2.24) is 14.5 Å². The van der Waals surface area contributed by atoms with Gasteiger partial charge >= 0.3 is 0 Å². The summed E-state index contributed by atoms with van der Waals surface area (Å²) in [5, 5.41) is 0.130. The molecule has 1 amide bonds. The number of carbonyl (C=O) groups is 1. The van der Waals surface area contributed by atoms with Crippen molar-refractivity contribution in [2.24, 2.45) is 0 Å². The molecule has 1 N–H and O–H groups in total. The zero-order chi connectivity index (χ0) is 25.5. The largest absolute Gasteiger partial charge is 0.482 e. The molecule has 1 heterocycles. The molecular formula is C27H30ClN3O4S. The fourth-order valence-electron chi connectivity index (χ4n) is 4.10. The number of hydrogen-bond acceptors (Lipinski definition) is 5. The van der Waals surface area contributed by atoms with Gasteiger partial charge in [-0.25, -0.2) is 13.1 Å². The van der Waals surface area contributed by atoms with Crippen LogP contribution in [0.1, 0.15) is 24.1 Å². The number of rotatable bonds is 9. The van der Waals surface area contributed by atoms with Crippen LogP contribution in [0.5, 0.6) is 5.75 Å². The van der Waals surface area contributed by atoms with Gasteiger partial charge < -0.3 is 9.64 Å². The Morgan fingerprint density at radius 3 is 2.25 bits per heavy atom. The van der Waals surface area contributed by atoms with E-state index in [1.807, 2.05) is 48.5 Å². The van der Waals surface area contributed by atoms with Gasteiger partial charge in [-0.1, -0.05) is 72.3 Å². The second-order valence-electron chi connectivity index (χ2n) is 8.78. The number of nitrogens with zero attached hydrogens (tertiary/aromatic N) is 2. The molecule has 7 nitrogen and oxygen atoms in total. The molecule has 0 bridgehead atoms. The molecule has 0 spiro atoms. The molecule has 1 aliphatic rings. The van der Waals surface area contributed by atoms with E-state index in [9.17, 15) is 13.2 Å². The van der Waals surface area contributed by atoms with Crippen LogP contribution < -0.4 is 9.46 Å². The van der Waals surface area contributed by atoms with Crippen LogP contribution in [0.4, 0.5) is 0 Å². The minimum Gasteiger partial charge on any atom is -0.482 e. The highest BCUT2D eigenvalue weighted by Crippen LogP contribution is 2.28. The molecule has 1 saturated heterocycles. The zero-order valence-corrected chi connectivity index (χ0v) is 21.7. The van der Waals surface area contributed by atoms with Gasteiger partial charge in [-0.2, -0.15) is 0 Å². The lowest BCUT2D eigenvalue weighted by Crippen LogP contribution is -2.49. The normalized spacial score (nSPS) is 15.4. The van der Waals surface area contributed by atoms with Crippen molar-refractivity contribution < 1.29 is 17.9 Å². The van der Waals surface area contributed by atoms with Crippen LogP contribution in [0.2, 0.25) is 5.02 Å². The van der Waals surface area contributed by atoms with Crippen LogP contribution in [-0.2, 0) is 21.4 Å². The second-order valence-corrected chi connectivity index (χ2v) is 10.9. The minimum absolute atomic E-state index is 0.0310. The van der Waals surface area contributed by atoms with Crippen LogP contribution in [0.15, 0.2) is 83.8 Å². The molecule has 1 atom stereocenters. The lowest BCUT2D eigenvalue weighted by Gasteiger charge is -2.34. The fourth-order valence-corrected chi connectivity index (χ4v) is 5.66. The van der Waals surface area contributed by atoms with Gasteiger partial charge in [-0.15, -0.1) is 0 Å². The first-order valence-electron chi connectivity index (χ1n) is 11.9. The smallest absolute Gasteiger partial charge is 0.260 e. The lowest BCUT2D eigenvalue weighted by atomic mass is 10.1. The molecule has 0 aliphatic carbocycles. The van der Waals surface area contributed by atoms with Crippen molar-refractivity contribution in [3.63, 3.8) is 0 Å². The molecule has 9 heteroatoms. The van der Waals surface area contributed by atoms with Crippen LogP contribution >= 0.6 is 11.6 Å². The maximum Gasteiger partial charge on any atom is 0.260 e. The Kier molecular flexibility index (Phi) is 8.64. The summed E-state index contributed by atoms with van der Waals surface area (Å²) in [6, 6.07) is 23.4. The first-order valence-corrected chi connectivity index (χ1v) is 13.7. The van der Waals surface area contributed by atoms with Gasteiger partial charge in [0.25, 0.3) is 5.91 Å². The van der Waals surface area contributed by atoms with Gasteiger partial charge in [0.1, 0.15) is 5.75 Å². The maximum absolute atomic E-state index is 12.8. The van der Waals surface area contributed by atoms with E-state index in [4.69, 9.17) is 16.3 Å². The van der Waals surface area contributed by atoms with Crippen LogP contribution in [0.25, 0.3) is 0 Å². The summed E-state index contributed by atoms with van der Waals surface area (Å²) >= 11 is 6.31. The number of carbonyl (C=O) groups excluding carboxylic acids is 1. The molecule has 1 aliphatic heterocycles. The zero-order valence-electron chi connectivity index (χ0n) is 20.1. The number of benzene rings is 3. The topological polar surface area (TPSA) is 78.9 Å². The number of nitrogens with one attached hydrogen (secondary N) is 1. The molecule has 190 valence electrons. The molecule has 0 unspecified atom stereocenters.